The maximum atomic E-state index is 12.2. The Bertz CT molecular complexity index is 885. The lowest BCUT2D eigenvalue weighted by molar-refractivity contribution is 0.0944. The van der Waals surface area contributed by atoms with E-state index in [2.05, 4.69) is 15.7 Å². The van der Waals surface area contributed by atoms with Gasteiger partial charge in [-0.15, -0.1) is 11.3 Å². The molecule has 2 N–H and O–H groups in total. The summed E-state index contributed by atoms with van der Waals surface area (Å²) < 4.78 is 1.88. The summed E-state index contributed by atoms with van der Waals surface area (Å²) >= 11 is 1.41. The highest BCUT2D eigenvalue weighted by Gasteiger charge is 2.07. The molecule has 3 rings (SSSR count). The van der Waals surface area contributed by atoms with E-state index in [0.717, 1.165) is 24.1 Å². The van der Waals surface area contributed by atoms with Gasteiger partial charge in [-0.3, -0.25) is 14.3 Å². The summed E-state index contributed by atoms with van der Waals surface area (Å²) in [6, 6.07) is 10.9. The van der Waals surface area contributed by atoms with E-state index < -0.39 is 0 Å². The molecule has 0 saturated heterocycles. The molecular formula is C20H22N4O2S. The van der Waals surface area contributed by atoms with E-state index in [-0.39, 0.29) is 11.8 Å². The number of rotatable bonds is 8. The molecule has 140 valence electrons. The molecule has 0 spiro atoms. The van der Waals surface area contributed by atoms with E-state index in [1.807, 2.05) is 47.6 Å². The molecule has 27 heavy (non-hydrogen) atoms. The highest BCUT2D eigenvalue weighted by molar-refractivity contribution is 7.12. The van der Waals surface area contributed by atoms with Crippen LogP contribution in [0.3, 0.4) is 0 Å². The number of aromatic nitrogens is 2. The molecule has 0 aliphatic heterocycles. The molecule has 0 atom stereocenters. The number of carbonyl (C=O) groups is 2. The number of amides is 2. The fourth-order valence-corrected chi connectivity index (χ4v) is 3.23. The summed E-state index contributed by atoms with van der Waals surface area (Å²) in [6.07, 6.45) is 4.63. The van der Waals surface area contributed by atoms with Gasteiger partial charge in [-0.05, 0) is 48.1 Å². The van der Waals surface area contributed by atoms with E-state index >= 15 is 0 Å². The Morgan fingerprint density at radius 2 is 1.93 bits per heavy atom. The minimum Gasteiger partial charge on any atom is -0.352 e. The van der Waals surface area contributed by atoms with Crippen LogP contribution in [0.4, 0.5) is 0 Å². The van der Waals surface area contributed by atoms with Crippen LogP contribution in [0.2, 0.25) is 0 Å². The first-order chi connectivity index (χ1) is 13.1. The number of hydrogen-bond donors (Lipinski definition) is 2. The van der Waals surface area contributed by atoms with Gasteiger partial charge in [0.05, 0.1) is 11.1 Å². The van der Waals surface area contributed by atoms with Gasteiger partial charge >= 0.3 is 0 Å². The van der Waals surface area contributed by atoms with Gasteiger partial charge in [0, 0.05) is 31.4 Å². The first-order valence-electron chi connectivity index (χ1n) is 8.80. The number of nitrogens with zero attached hydrogens (tertiary/aromatic N) is 2. The van der Waals surface area contributed by atoms with Gasteiger partial charge in [0.2, 0.25) is 0 Å². The highest BCUT2D eigenvalue weighted by Crippen LogP contribution is 2.09. The molecule has 0 aliphatic rings. The standard InChI is InChI=1S/C20H22N4O2S/c1-15-12-23-24(14-15)10-3-9-21-19(25)17-7-5-16(6-8-17)13-22-20(26)18-4-2-11-27-18/h2,4-8,11-12,14H,3,9-10,13H2,1H3,(H,21,25)(H,22,26). The van der Waals surface area contributed by atoms with Gasteiger partial charge in [-0.25, -0.2) is 0 Å². The first kappa shape index (κ1) is 18.8. The van der Waals surface area contributed by atoms with Gasteiger partial charge < -0.3 is 10.6 Å². The van der Waals surface area contributed by atoms with Crippen LogP contribution in [0, 0.1) is 6.92 Å². The van der Waals surface area contributed by atoms with Gasteiger partial charge in [-0.1, -0.05) is 18.2 Å². The van der Waals surface area contributed by atoms with Crippen LogP contribution in [-0.2, 0) is 13.1 Å². The second-order valence-corrected chi connectivity index (χ2v) is 7.19. The minimum absolute atomic E-state index is 0.0841. The number of nitrogens with one attached hydrogen (secondary N) is 2. The van der Waals surface area contributed by atoms with Crippen LogP contribution in [0.15, 0.2) is 54.2 Å². The molecule has 2 aromatic heterocycles. The van der Waals surface area contributed by atoms with Crippen molar-refractivity contribution >= 4 is 23.2 Å². The minimum atomic E-state index is -0.0965. The third-order valence-corrected chi connectivity index (χ3v) is 4.89. The van der Waals surface area contributed by atoms with E-state index in [0.29, 0.717) is 23.5 Å². The van der Waals surface area contributed by atoms with Gasteiger partial charge in [-0.2, -0.15) is 5.10 Å². The number of carbonyl (C=O) groups excluding carboxylic acids is 2. The van der Waals surface area contributed by atoms with E-state index in [9.17, 15) is 9.59 Å². The van der Waals surface area contributed by atoms with Crippen LogP contribution in [0.25, 0.3) is 0 Å². The molecule has 0 saturated carbocycles. The molecule has 0 unspecified atom stereocenters. The maximum Gasteiger partial charge on any atom is 0.261 e. The lowest BCUT2D eigenvalue weighted by Gasteiger charge is -2.07. The first-order valence-corrected chi connectivity index (χ1v) is 9.68. The zero-order valence-electron chi connectivity index (χ0n) is 15.1. The molecule has 0 aliphatic carbocycles. The van der Waals surface area contributed by atoms with Crippen molar-refractivity contribution < 1.29 is 9.59 Å². The Labute approximate surface area is 162 Å². The second-order valence-electron chi connectivity index (χ2n) is 6.25. The van der Waals surface area contributed by atoms with E-state index in [4.69, 9.17) is 0 Å². The molecular weight excluding hydrogens is 360 g/mol. The normalized spacial score (nSPS) is 10.6. The number of benzene rings is 1. The average molecular weight is 382 g/mol. The van der Waals surface area contributed by atoms with Crippen molar-refractivity contribution in [2.24, 2.45) is 0 Å². The number of aryl methyl sites for hydroxylation is 2. The van der Waals surface area contributed by atoms with Gasteiger partial charge in [0.1, 0.15) is 0 Å². The molecule has 0 bridgehead atoms. The molecule has 7 heteroatoms. The molecule has 0 radical (unpaired) electrons. The van der Waals surface area contributed by atoms with Crippen LogP contribution in [0.1, 0.15) is 37.6 Å². The van der Waals surface area contributed by atoms with Gasteiger partial charge in [0.15, 0.2) is 0 Å². The molecule has 3 aromatic rings. The van der Waals surface area contributed by atoms with Crippen LogP contribution < -0.4 is 10.6 Å². The number of thiophene rings is 1. The van der Waals surface area contributed by atoms with Crippen molar-refractivity contribution in [1.29, 1.82) is 0 Å². The zero-order valence-corrected chi connectivity index (χ0v) is 16.0. The molecule has 2 heterocycles. The van der Waals surface area contributed by atoms with Crippen LogP contribution in [0.5, 0.6) is 0 Å². The third kappa shape index (κ3) is 5.52. The topological polar surface area (TPSA) is 76.0 Å². The maximum absolute atomic E-state index is 12.2. The van der Waals surface area contributed by atoms with Crippen molar-refractivity contribution in [2.45, 2.75) is 26.4 Å². The predicted molar refractivity (Wildman–Crippen MR) is 106 cm³/mol. The van der Waals surface area contributed by atoms with Crippen molar-refractivity contribution in [3.05, 3.63) is 75.7 Å². The molecule has 1 aromatic carbocycles. The van der Waals surface area contributed by atoms with E-state index in [1.165, 1.54) is 11.3 Å². The predicted octanol–water partition coefficient (Wildman–Crippen LogP) is 3.00. The Kier molecular flexibility index (Phi) is 6.38. The Hall–Kier alpha value is -2.93. The second kappa shape index (κ2) is 9.14. The summed E-state index contributed by atoms with van der Waals surface area (Å²) in [6.45, 7) is 3.80. The average Bonchev–Trinajstić information content (AvgIpc) is 3.35. The smallest absolute Gasteiger partial charge is 0.261 e. The van der Waals surface area contributed by atoms with Crippen molar-refractivity contribution in [2.75, 3.05) is 6.54 Å². The highest BCUT2D eigenvalue weighted by atomic mass is 32.1. The summed E-state index contributed by atoms with van der Waals surface area (Å²) in [5.41, 5.74) is 2.69. The Balaban J connectivity index is 1.41. The lowest BCUT2D eigenvalue weighted by atomic mass is 10.1. The third-order valence-electron chi connectivity index (χ3n) is 4.03. The monoisotopic (exact) mass is 382 g/mol. The summed E-state index contributed by atoms with van der Waals surface area (Å²) in [5, 5.41) is 11.9. The molecule has 0 fully saturated rings. The van der Waals surface area contributed by atoms with Crippen molar-refractivity contribution in [1.82, 2.24) is 20.4 Å². The van der Waals surface area contributed by atoms with Crippen molar-refractivity contribution in [3.8, 4) is 0 Å². The molecule has 6 nitrogen and oxygen atoms in total. The van der Waals surface area contributed by atoms with Crippen LogP contribution in [-0.4, -0.2) is 28.1 Å². The summed E-state index contributed by atoms with van der Waals surface area (Å²) in [5.74, 6) is -0.181. The summed E-state index contributed by atoms with van der Waals surface area (Å²) in [4.78, 5) is 24.8. The number of hydrogen-bond acceptors (Lipinski definition) is 4. The fraction of sp³-hybridized carbons (Fsp3) is 0.250. The fourth-order valence-electron chi connectivity index (χ4n) is 2.59. The zero-order chi connectivity index (χ0) is 19.1. The van der Waals surface area contributed by atoms with Gasteiger partial charge in [0.25, 0.3) is 11.8 Å². The SMILES string of the molecule is Cc1cnn(CCCNC(=O)c2ccc(CNC(=O)c3cccs3)cc2)c1. The summed E-state index contributed by atoms with van der Waals surface area (Å²) in [7, 11) is 0. The van der Waals surface area contributed by atoms with Crippen LogP contribution >= 0.6 is 11.3 Å². The largest absolute Gasteiger partial charge is 0.352 e. The lowest BCUT2D eigenvalue weighted by Crippen LogP contribution is -2.25. The Morgan fingerprint density at radius 3 is 2.59 bits per heavy atom. The Morgan fingerprint density at radius 1 is 1.11 bits per heavy atom. The van der Waals surface area contributed by atoms with E-state index in [1.54, 1.807) is 18.2 Å². The quantitative estimate of drug-likeness (QED) is 0.588. The molecule has 2 amide bonds. The van der Waals surface area contributed by atoms with Crippen molar-refractivity contribution in [3.63, 3.8) is 0 Å².